The van der Waals surface area contributed by atoms with Gasteiger partial charge in [-0.3, -0.25) is 10.1 Å². The van der Waals surface area contributed by atoms with Gasteiger partial charge in [0.1, 0.15) is 4.47 Å². The highest BCUT2D eigenvalue weighted by atomic mass is 79.9. The molecular weight excluding hydrogens is 262 g/mol. The fraction of sp³-hybridized carbons (Fsp3) is 0.400. The van der Waals surface area contributed by atoms with Crippen LogP contribution in [0.4, 0.5) is 5.69 Å². The summed E-state index contributed by atoms with van der Waals surface area (Å²) in [5, 5.41) is 20.1. The van der Waals surface area contributed by atoms with E-state index < -0.39 is 4.92 Å². The number of phenols is 1. The highest BCUT2D eigenvalue weighted by molar-refractivity contribution is 9.10. The van der Waals surface area contributed by atoms with Gasteiger partial charge in [-0.2, -0.15) is 0 Å². The topological polar surface area (TPSA) is 63.4 Å². The lowest BCUT2D eigenvalue weighted by molar-refractivity contribution is -0.386. The van der Waals surface area contributed by atoms with Crippen molar-refractivity contribution >= 4 is 21.6 Å². The molecule has 0 radical (unpaired) electrons. The first-order chi connectivity index (χ1) is 6.75. The Hall–Kier alpha value is -1.10. The molecule has 4 nitrogen and oxygen atoms in total. The molecule has 5 heteroatoms. The van der Waals surface area contributed by atoms with Crippen LogP contribution in [0.3, 0.4) is 0 Å². The van der Waals surface area contributed by atoms with Gasteiger partial charge in [0.15, 0.2) is 5.75 Å². The monoisotopic (exact) mass is 273 g/mol. The third-order valence-electron chi connectivity index (χ3n) is 2.09. The summed E-state index contributed by atoms with van der Waals surface area (Å²) in [6, 6.07) is 3.04. The fourth-order valence-electron chi connectivity index (χ4n) is 1.31. The summed E-state index contributed by atoms with van der Waals surface area (Å²) in [5.74, 6) is -0.320. The van der Waals surface area contributed by atoms with Crippen LogP contribution in [-0.2, 0) is 5.41 Å². The Morgan fingerprint density at radius 1 is 1.40 bits per heavy atom. The number of phenolic OH excluding ortho intramolecular Hbond substituents is 1. The predicted molar refractivity (Wildman–Crippen MR) is 61.2 cm³/mol. The second kappa shape index (κ2) is 3.81. The second-order valence-electron chi connectivity index (χ2n) is 4.30. The largest absolute Gasteiger partial charge is 0.502 e. The quantitative estimate of drug-likeness (QED) is 0.630. The molecule has 1 rings (SSSR count). The molecule has 0 saturated carbocycles. The maximum atomic E-state index is 10.7. The molecule has 0 aromatic heterocycles. The van der Waals surface area contributed by atoms with Gasteiger partial charge in [0.05, 0.1) is 4.92 Å². The lowest BCUT2D eigenvalue weighted by Crippen LogP contribution is -2.12. The summed E-state index contributed by atoms with van der Waals surface area (Å²) < 4.78 is 0.347. The van der Waals surface area contributed by atoms with Crippen LogP contribution in [0.5, 0.6) is 5.75 Å². The average molecular weight is 274 g/mol. The average Bonchev–Trinajstić information content (AvgIpc) is 2.00. The molecule has 0 fully saturated rings. The summed E-state index contributed by atoms with van der Waals surface area (Å²) in [4.78, 5) is 10.1. The third-order valence-corrected chi connectivity index (χ3v) is 2.89. The molecule has 0 amide bonds. The molecule has 0 spiro atoms. The van der Waals surface area contributed by atoms with Crippen LogP contribution in [0, 0.1) is 10.1 Å². The number of rotatable bonds is 1. The Balaban J connectivity index is 3.49. The summed E-state index contributed by atoms with van der Waals surface area (Å²) >= 11 is 3.17. The zero-order valence-electron chi connectivity index (χ0n) is 8.74. The van der Waals surface area contributed by atoms with Crippen molar-refractivity contribution in [3.05, 3.63) is 32.3 Å². The van der Waals surface area contributed by atoms with Crippen LogP contribution in [0.2, 0.25) is 0 Å². The Kier molecular flexibility index (Phi) is 3.04. The van der Waals surface area contributed by atoms with E-state index >= 15 is 0 Å². The van der Waals surface area contributed by atoms with Crippen LogP contribution in [-0.4, -0.2) is 10.0 Å². The number of hydrogen-bond donors (Lipinski definition) is 1. The Morgan fingerprint density at radius 3 is 2.33 bits per heavy atom. The van der Waals surface area contributed by atoms with E-state index in [9.17, 15) is 15.2 Å². The Morgan fingerprint density at radius 2 is 1.93 bits per heavy atom. The van der Waals surface area contributed by atoms with Gasteiger partial charge in [-0.25, -0.2) is 0 Å². The molecule has 0 heterocycles. The summed E-state index contributed by atoms with van der Waals surface area (Å²) in [6.45, 7) is 5.86. The Bertz CT molecular complexity index is 410. The first-order valence-electron chi connectivity index (χ1n) is 4.41. The van der Waals surface area contributed by atoms with Crippen molar-refractivity contribution in [2.75, 3.05) is 0 Å². The molecule has 1 N–H and O–H groups in total. The highest BCUT2D eigenvalue weighted by Crippen LogP contribution is 2.40. The molecule has 0 aliphatic rings. The minimum atomic E-state index is -0.589. The molecule has 1 aromatic carbocycles. The van der Waals surface area contributed by atoms with Gasteiger partial charge in [0, 0.05) is 0 Å². The number of benzene rings is 1. The van der Waals surface area contributed by atoms with Gasteiger partial charge in [0.25, 0.3) is 0 Å². The van der Waals surface area contributed by atoms with E-state index in [-0.39, 0.29) is 16.9 Å². The Labute approximate surface area is 96.2 Å². The lowest BCUT2D eigenvalue weighted by Gasteiger charge is -2.20. The fourth-order valence-corrected chi connectivity index (χ4v) is 2.38. The predicted octanol–water partition coefficient (Wildman–Crippen LogP) is 3.36. The molecule has 82 valence electrons. The standard InChI is InChI=1S/C10H12BrNO3/c1-10(2,3)6-4-5-7(13)9(8(6)11)12(14)15/h4-5,13H,1-3H3. The van der Waals surface area contributed by atoms with E-state index in [0.29, 0.717) is 4.47 Å². The van der Waals surface area contributed by atoms with Crippen molar-refractivity contribution in [2.45, 2.75) is 26.2 Å². The van der Waals surface area contributed by atoms with Crippen molar-refractivity contribution < 1.29 is 10.0 Å². The van der Waals surface area contributed by atoms with Gasteiger partial charge in [-0.05, 0) is 33.0 Å². The van der Waals surface area contributed by atoms with Crippen LogP contribution in [0.1, 0.15) is 26.3 Å². The molecule has 0 saturated heterocycles. The SMILES string of the molecule is CC(C)(C)c1ccc(O)c([N+](=O)[O-])c1Br. The molecular formula is C10H12BrNO3. The van der Waals surface area contributed by atoms with Gasteiger partial charge < -0.3 is 5.11 Å². The summed E-state index contributed by atoms with van der Waals surface area (Å²) in [6.07, 6.45) is 0. The normalized spacial score (nSPS) is 11.5. The number of nitro benzene ring substituents is 1. The van der Waals surface area contributed by atoms with Gasteiger partial charge in [-0.1, -0.05) is 26.8 Å². The smallest absolute Gasteiger partial charge is 0.325 e. The zero-order chi connectivity index (χ0) is 11.8. The minimum absolute atomic E-state index is 0.211. The van der Waals surface area contributed by atoms with E-state index in [1.54, 1.807) is 6.07 Å². The molecule has 1 aromatic rings. The van der Waals surface area contributed by atoms with E-state index in [2.05, 4.69) is 15.9 Å². The lowest BCUT2D eigenvalue weighted by atomic mass is 9.87. The molecule has 15 heavy (non-hydrogen) atoms. The second-order valence-corrected chi connectivity index (χ2v) is 5.09. The molecule has 0 aliphatic heterocycles. The number of nitrogens with zero attached hydrogens (tertiary/aromatic N) is 1. The maximum absolute atomic E-state index is 10.7. The summed E-state index contributed by atoms with van der Waals surface area (Å²) in [5.41, 5.74) is 0.312. The van der Waals surface area contributed by atoms with Crippen molar-refractivity contribution in [3.63, 3.8) is 0 Å². The van der Waals surface area contributed by atoms with E-state index in [1.165, 1.54) is 6.07 Å². The van der Waals surface area contributed by atoms with Crippen molar-refractivity contribution in [1.82, 2.24) is 0 Å². The van der Waals surface area contributed by atoms with Gasteiger partial charge in [0.2, 0.25) is 0 Å². The van der Waals surface area contributed by atoms with Crippen LogP contribution in [0.25, 0.3) is 0 Å². The molecule has 0 unspecified atom stereocenters. The molecule has 0 bridgehead atoms. The maximum Gasteiger partial charge on any atom is 0.325 e. The van der Waals surface area contributed by atoms with Gasteiger partial charge >= 0.3 is 5.69 Å². The first-order valence-corrected chi connectivity index (χ1v) is 5.21. The van der Waals surface area contributed by atoms with E-state index in [4.69, 9.17) is 0 Å². The van der Waals surface area contributed by atoms with Crippen molar-refractivity contribution in [1.29, 1.82) is 0 Å². The van der Waals surface area contributed by atoms with Gasteiger partial charge in [-0.15, -0.1) is 0 Å². The van der Waals surface area contributed by atoms with Crippen molar-refractivity contribution in [2.24, 2.45) is 0 Å². The zero-order valence-corrected chi connectivity index (χ0v) is 10.3. The number of hydrogen-bond acceptors (Lipinski definition) is 3. The van der Waals surface area contributed by atoms with E-state index in [0.717, 1.165) is 5.56 Å². The number of halogens is 1. The van der Waals surface area contributed by atoms with Crippen molar-refractivity contribution in [3.8, 4) is 5.75 Å². The van der Waals surface area contributed by atoms with Crippen LogP contribution in [0.15, 0.2) is 16.6 Å². The van der Waals surface area contributed by atoms with Crippen LogP contribution < -0.4 is 0 Å². The van der Waals surface area contributed by atoms with E-state index in [1.807, 2.05) is 20.8 Å². The molecule has 0 atom stereocenters. The number of nitro groups is 1. The third kappa shape index (κ3) is 2.28. The molecule has 0 aliphatic carbocycles. The summed E-state index contributed by atoms with van der Waals surface area (Å²) in [7, 11) is 0. The van der Waals surface area contributed by atoms with Crippen LogP contribution >= 0.6 is 15.9 Å². The number of aromatic hydroxyl groups is 1. The minimum Gasteiger partial charge on any atom is -0.502 e. The highest BCUT2D eigenvalue weighted by Gasteiger charge is 2.26. The first kappa shape index (κ1) is 12.0.